The highest BCUT2D eigenvalue weighted by atomic mass is 35.5. The van der Waals surface area contributed by atoms with Gasteiger partial charge in [-0.15, -0.1) is 5.10 Å². The molecule has 0 saturated heterocycles. The molecular weight excluding hydrogens is 280 g/mol. The highest BCUT2D eigenvalue weighted by molar-refractivity contribution is 6.30. The lowest BCUT2D eigenvalue weighted by molar-refractivity contribution is 0.102. The molecule has 0 fully saturated rings. The molecule has 0 aliphatic rings. The highest BCUT2D eigenvalue weighted by Gasteiger charge is 2.11. The second kappa shape index (κ2) is 6.76. The quantitative estimate of drug-likeness (QED) is 0.819. The lowest BCUT2D eigenvalue weighted by atomic mass is 10.2. The topological polar surface area (TPSA) is 92.7 Å². The van der Waals surface area contributed by atoms with Gasteiger partial charge in [-0.3, -0.25) is 10.1 Å². The first-order chi connectivity index (χ1) is 9.69. The monoisotopic (exact) mass is 292 g/mol. The van der Waals surface area contributed by atoms with E-state index in [0.717, 1.165) is 13.0 Å². The Morgan fingerprint density at radius 2 is 2.20 bits per heavy atom. The Hall–Kier alpha value is -2.28. The van der Waals surface area contributed by atoms with Crippen molar-refractivity contribution in [1.82, 2.24) is 20.2 Å². The van der Waals surface area contributed by atoms with Gasteiger partial charge in [0.1, 0.15) is 11.0 Å². The summed E-state index contributed by atoms with van der Waals surface area (Å²) in [5.74, 6) is 0.312. The van der Waals surface area contributed by atoms with Crippen LogP contribution >= 0.6 is 11.6 Å². The third-order valence-electron chi connectivity index (χ3n) is 2.32. The van der Waals surface area contributed by atoms with Gasteiger partial charge in [0.15, 0.2) is 0 Å². The molecule has 8 heteroatoms. The Labute approximate surface area is 120 Å². The van der Waals surface area contributed by atoms with Gasteiger partial charge >= 0.3 is 0 Å². The molecule has 2 N–H and O–H groups in total. The van der Waals surface area contributed by atoms with Crippen molar-refractivity contribution in [2.24, 2.45) is 0 Å². The van der Waals surface area contributed by atoms with Gasteiger partial charge in [0.2, 0.25) is 5.95 Å². The maximum atomic E-state index is 12.1. The van der Waals surface area contributed by atoms with E-state index in [1.54, 1.807) is 6.07 Å². The zero-order chi connectivity index (χ0) is 14.4. The van der Waals surface area contributed by atoms with E-state index in [2.05, 4.69) is 30.8 Å². The average molecular weight is 293 g/mol. The van der Waals surface area contributed by atoms with Gasteiger partial charge in [-0.1, -0.05) is 18.5 Å². The summed E-state index contributed by atoms with van der Waals surface area (Å²) >= 11 is 5.90. The third kappa shape index (κ3) is 3.86. The van der Waals surface area contributed by atoms with Gasteiger partial charge < -0.3 is 5.32 Å². The van der Waals surface area contributed by atoms with Crippen molar-refractivity contribution in [3.63, 3.8) is 0 Å². The average Bonchev–Trinajstić information content (AvgIpc) is 2.45. The molecular formula is C12H13ClN6O. The fourth-order valence-electron chi connectivity index (χ4n) is 1.45. The predicted octanol–water partition coefficient (Wildman–Crippen LogP) is 1.99. The SMILES string of the molecule is CCCNc1cc(C(=O)Nc2nccnn2)cc(Cl)n1. The Morgan fingerprint density at radius 1 is 1.35 bits per heavy atom. The van der Waals surface area contributed by atoms with Crippen LogP contribution in [0.25, 0.3) is 0 Å². The number of rotatable bonds is 5. The summed E-state index contributed by atoms with van der Waals surface area (Å²) in [7, 11) is 0. The molecule has 0 aliphatic carbocycles. The minimum Gasteiger partial charge on any atom is -0.370 e. The summed E-state index contributed by atoms with van der Waals surface area (Å²) < 4.78 is 0. The second-order valence-corrected chi connectivity index (χ2v) is 4.30. The van der Waals surface area contributed by atoms with Gasteiger partial charge in [0.25, 0.3) is 5.91 Å². The molecule has 0 saturated carbocycles. The summed E-state index contributed by atoms with van der Waals surface area (Å²) in [6.07, 6.45) is 3.81. The van der Waals surface area contributed by atoms with Crippen LogP contribution in [-0.4, -0.2) is 32.6 Å². The number of amides is 1. The Bertz CT molecular complexity index is 592. The van der Waals surface area contributed by atoms with Crippen LogP contribution in [0.3, 0.4) is 0 Å². The Morgan fingerprint density at radius 3 is 2.90 bits per heavy atom. The number of nitrogens with zero attached hydrogens (tertiary/aromatic N) is 4. The number of carbonyl (C=O) groups excluding carboxylic acids is 1. The van der Waals surface area contributed by atoms with Crippen molar-refractivity contribution in [2.45, 2.75) is 13.3 Å². The minimum atomic E-state index is -0.373. The number of nitrogens with one attached hydrogen (secondary N) is 2. The van der Waals surface area contributed by atoms with E-state index < -0.39 is 0 Å². The van der Waals surface area contributed by atoms with Crippen LogP contribution in [-0.2, 0) is 0 Å². The third-order valence-corrected chi connectivity index (χ3v) is 2.51. The van der Waals surface area contributed by atoms with Crippen molar-refractivity contribution in [1.29, 1.82) is 0 Å². The lowest BCUT2D eigenvalue weighted by Gasteiger charge is -2.07. The molecule has 2 aromatic rings. The normalized spacial score (nSPS) is 10.1. The summed E-state index contributed by atoms with van der Waals surface area (Å²) in [5, 5.41) is 13.2. The number of hydrogen-bond donors (Lipinski definition) is 2. The zero-order valence-electron chi connectivity index (χ0n) is 10.8. The van der Waals surface area contributed by atoms with Gasteiger partial charge in [0.05, 0.1) is 12.4 Å². The number of anilines is 2. The number of halogens is 1. The van der Waals surface area contributed by atoms with E-state index in [-0.39, 0.29) is 17.0 Å². The molecule has 0 aromatic carbocycles. The molecule has 104 valence electrons. The van der Waals surface area contributed by atoms with Crippen molar-refractivity contribution in [2.75, 3.05) is 17.2 Å². The first-order valence-electron chi connectivity index (χ1n) is 6.05. The van der Waals surface area contributed by atoms with Crippen molar-refractivity contribution in [3.8, 4) is 0 Å². The fourth-order valence-corrected chi connectivity index (χ4v) is 1.66. The molecule has 20 heavy (non-hydrogen) atoms. The number of aromatic nitrogens is 4. The predicted molar refractivity (Wildman–Crippen MR) is 75.8 cm³/mol. The number of pyridine rings is 1. The molecule has 0 radical (unpaired) electrons. The van der Waals surface area contributed by atoms with Crippen LogP contribution < -0.4 is 10.6 Å². The van der Waals surface area contributed by atoms with E-state index in [0.29, 0.717) is 11.4 Å². The smallest absolute Gasteiger partial charge is 0.258 e. The molecule has 0 unspecified atom stereocenters. The summed E-state index contributed by atoms with van der Waals surface area (Å²) in [6, 6.07) is 3.09. The fraction of sp³-hybridized carbons (Fsp3) is 0.250. The summed E-state index contributed by atoms with van der Waals surface area (Å²) in [5.41, 5.74) is 0.371. The van der Waals surface area contributed by atoms with E-state index in [4.69, 9.17) is 11.6 Å². The molecule has 2 heterocycles. The van der Waals surface area contributed by atoms with Gasteiger partial charge in [-0.2, -0.15) is 5.10 Å². The Balaban J connectivity index is 2.15. The molecule has 1 amide bonds. The maximum absolute atomic E-state index is 12.1. The van der Waals surface area contributed by atoms with Crippen molar-refractivity contribution < 1.29 is 4.79 Å². The van der Waals surface area contributed by atoms with E-state index >= 15 is 0 Å². The van der Waals surface area contributed by atoms with Crippen LogP contribution in [0.1, 0.15) is 23.7 Å². The molecule has 0 atom stereocenters. The molecule has 0 spiro atoms. The van der Waals surface area contributed by atoms with Crippen LogP contribution in [0.2, 0.25) is 5.15 Å². The molecule has 2 aromatic heterocycles. The van der Waals surface area contributed by atoms with Crippen LogP contribution in [0, 0.1) is 0 Å². The number of hydrogen-bond acceptors (Lipinski definition) is 6. The van der Waals surface area contributed by atoms with E-state index in [1.165, 1.54) is 18.5 Å². The van der Waals surface area contributed by atoms with Gasteiger partial charge in [-0.25, -0.2) is 9.97 Å². The van der Waals surface area contributed by atoms with E-state index in [1.807, 2.05) is 6.92 Å². The van der Waals surface area contributed by atoms with Crippen LogP contribution in [0.5, 0.6) is 0 Å². The number of carbonyl (C=O) groups is 1. The maximum Gasteiger partial charge on any atom is 0.258 e. The summed E-state index contributed by atoms with van der Waals surface area (Å²) in [6.45, 7) is 2.78. The lowest BCUT2D eigenvalue weighted by Crippen LogP contribution is -2.15. The minimum absolute atomic E-state index is 0.133. The second-order valence-electron chi connectivity index (χ2n) is 3.91. The van der Waals surface area contributed by atoms with Gasteiger partial charge in [0, 0.05) is 12.1 Å². The molecule has 7 nitrogen and oxygen atoms in total. The van der Waals surface area contributed by atoms with Crippen LogP contribution in [0.4, 0.5) is 11.8 Å². The van der Waals surface area contributed by atoms with E-state index in [9.17, 15) is 4.79 Å². The van der Waals surface area contributed by atoms with Crippen molar-refractivity contribution in [3.05, 3.63) is 35.2 Å². The summed E-state index contributed by atoms with van der Waals surface area (Å²) in [4.78, 5) is 20.0. The molecule has 0 bridgehead atoms. The zero-order valence-corrected chi connectivity index (χ0v) is 11.6. The molecule has 2 rings (SSSR count). The first kappa shape index (κ1) is 14.1. The van der Waals surface area contributed by atoms with Gasteiger partial charge in [-0.05, 0) is 18.6 Å². The Kier molecular flexibility index (Phi) is 4.78. The highest BCUT2D eigenvalue weighted by Crippen LogP contribution is 2.15. The molecule has 0 aliphatic heterocycles. The standard InChI is InChI=1S/C12H13ClN6O/c1-2-3-14-10-7-8(6-9(13)17-10)11(20)18-12-15-4-5-16-19-12/h4-7H,2-3H2,1H3,(H,14,17)(H,15,18,19,20). The largest absolute Gasteiger partial charge is 0.370 e. The van der Waals surface area contributed by atoms with Crippen LogP contribution in [0.15, 0.2) is 24.5 Å². The first-order valence-corrected chi connectivity index (χ1v) is 6.43. The van der Waals surface area contributed by atoms with Crippen molar-refractivity contribution >= 4 is 29.3 Å².